The number of carbonyl (C=O) groups excluding carboxylic acids is 1. The average molecular weight is 392 g/mol. The Bertz CT molecular complexity index is 1110. The molecule has 0 heterocycles. The molecule has 4 aromatic carbocycles. The third-order valence-electron chi connectivity index (χ3n) is 5.15. The normalized spacial score (nSPS) is 10.6. The highest BCUT2D eigenvalue weighted by molar-refractivity contribution is 5.84. The van der Waals surface area contributed by atoms with Crippen molar-refractivity contribution in [1.29, 1.82) is 0 Å². The number of ether oxygens (including phenoxy) is 1. The molecule has 0 radical (unpaired) electrons. The summed E-state index contributed by atoms with van der Waals surface area (Å²) in [6.45, 7) is 2.24. The second kappa shape index (κ2) is 9.23. The highest BCUT2D eigenvalue weighted by Crippen LogP contribution is 2.33. The summed E-state index contributed by atoms with van der Waals surface area (Å²) >= 11 is 0. The van der Waals surface area contributed by atoms with E-state index in [0.717, 1.165) is 16.7 Å². The SMILES string of the molecule is CCOC(=O)Cc1ccc(-c2ccc(-c3ccccc3-c3ccccc3)cc2)cc1. The van der Waals surface area contributed by atoms with Crippen LogP contribution in [0.5, 0.6) is 0 Å². The van der Waals surface area contributed by atoms with Gasteiger partial charge in [0.2, 0.25) is 0 Å². The van der Waals surface area contributed by atoms with Crippen LogP contribution in [-0.2, 0) is 16.0 Å². The summed E-state index contributed by atoms with van der Waals surface area (Å²) in [6, 6.07) is 35.7. The maximum Gasteiger partial charge on any atom is 0.310 e. The van der Waals surface area contributed by atoms with E-state index in [-0.39, 0.29) is 5.97 Å². The van der Waals surface area contributed by atoms with Crippen LogP contribution in [0.1, 0.15) is 12.5 Å². The quantitative estimate of drug-likeness (QED) is 0.338. The molecule has 2 nitrogen and oxygen atoms in total. The van der Waals surface area contributed by atoms with Crippen LogP contribution in [0.2, 0.25) is 0 Å². The van der Waals surface area contributed by atoms with Crippen molar-refractivity contribution in [2.45, 2.75) is 13.3 Å². The van der Waals surface area contributed by atoms with E-state index in [1.54, 1.807) is 0 Å². The van der Waals surface area contributed by atoms with Crippen LogP contribution in [0.25, 0.3) is 33.4 Å². The summed E-state index contributed by atoms with van der Waals surface area (Å²) in [6.07, 6.45) is 0.309. The first kappa shape index (κ1) is 19.7. The Kier molecular flexibility index (Phi) is 6.05. The van der Waals surface area contributed by atoms with Crippen LogP contribution in [0.4, 0.5) is 0 Å². The lowest BCUT2D eigenvalue weighted by atomic mass is 9.93. The van der Waals surface area contributed by atoms with E-state index in [9.17, 15) is 4.79 Å². The molecule has 30 heavy (non-hydrogen) atoms. The summed E-state index contributed by atoms with van der Waals surface area (Å²) in [5.41, 5.74) is 8.11. The minimum absolute atomic E-state index is 0.188. The molecule has 0 unspecified atom stereocenters. The molecule has 2 heteroatoms. The van der Waals surface area contributed by atoms with E-state index in [2.05, 4.69) is 84.9 Å². The molecule has 0 aliphatic rings. The Hall–Kier alpha value is -3.65. The van der Waals surface area contributed by atoms with Crippen LogP contribution in [0, 0.1) is 0 Å². The number of benzene rings is 4. The Labute approximate surface area is 177 Å². The van der Waals surface area contributed by atoms with Crippen LogP contribution >= 0.6 is 0 Å². The highest BCUT2D eigenvalue weighted by Gasteiger charge is 2.08. The van der Waals surface area contributed by atoms with E-state index < -0.39 is 0 Å². The van der Waals surface area contributed by atoms with Crippen molar-refractivity contribution in [3.63, 3.8) is 0 Å². The van der Waals surface area contributed by atoms with Gasteiger partial charge in [-0.3, -0.25) is 4.79 Å². The molecule has 0 bridgehead atoms. The Morgan fingerprint density at radius 1 is 0.600 bits per heavy atom. The Morgan fingerprint density at radius 3 is 1.63 bits per heavy atom. The van der Waals surface area contributed by atoms with Gasteiger partial charge in [-0.05, 0) is 45.9 Å². The fraction of sp³-hybridized carbons (Fsp3) is 0.107. The highest BCUT2D eigenvalue weighted by atomic mass is 16.5. The Morgan fingerprint density at radius 2 is 1.07 bits per heavy atom. The minimum atomic E-state index is -0.188. The smallest absolute Gasteiger partial charge is 0.310 e. The summed E-state index contributed by atoms with van der Waals surface area (Å²) in [4.78, 5) is 11.6. The van der Waals surface area contributed by atoms with Crippen molar-refractivity contribution >= 4 is 5.97 Å². The third-order valence-corrected chi connectivity index (χ3v) is 5.15. The predicted octanol–water partition coefficient (Wildman–Crippen LogP) is 6.79. The standard InChI is InChI=1S/C28H24O2/c1-2-30-28(29)20-21-12-14-22(15-13-21)23-16-18-25(19-17-23)27-11-7-6-10-26(27)24-8-4-3-5-9-24/h3-19H,2,20H2,1H3. The minimum Gasteiger partial charge on any atom is -0.466 e. The van der Waals surface area contributed by atoms with E-state index in [4.69, 9.17) is 4.74 Å². The van der Waals surface area contributed by atoms with Crippen molar-refractivity contribution in [2.24, 2.45) is 0 Å². The van der Waals surface area contributed by atoms with Gasteiger partial charge in [-0.25, -0.2) is 0 Å². The fourth-order valence-corrected chi connectivity index (χ4v) is 3.64. The molecule has 148 valence electrons. The molecule has 4 rings (SSSR count). The number of esters is 1. The van der Waals surface area contributed by atoms with Crippen LogP contribution < -0.4 is 0 Å². The molecule has 0 aliphatic carbocycles. The van der Waals surface area contributed by atoms with E-state index in [1.807, 2.05) is 25.1 Å². The maximum atomic E-state index is 11.6. The Balaban J connectivity index is 1.57. The molecule has 0 N–H and O–H groups in total. The van der Waals surface area contributed by atoms with Crippen molar-refractivity contribution in [2.75, 3.05) is 6.61 Å². The molecule has 0 aliphatic heterocycles. The molecule has 0 saturated carbocycles. The molecular formula is C28H24O2. The molecule has 0 saturated heterocycles. The zero-order valence-corrected chi connectivity index (χ0v) is 17.0. The number of rotatable bonds is 6. The van der Waals surface area contributed by atoms with Crippen molar-refractivity contribution < 1.29 is 9.53 Å². The monoisotopic (exact) mass is 392 g/mol. The van der Waals surface area contributed by atoms with Gasteiger partial charge >= 0.3 is 5.97 Å². The predicted molar refractivity (Wildman–Crippen MR) is 123 cm³/mol. The average Bonchev–Trinajstić information content (AvgIpc) is 2.80. The van der Waals surface area contributed by atoms with Crippen LogP contribution in [-0.4, -0.2) is 12.6 Å². The van der Waals surface area contributed by atoms with Gasteiger partial charge in [0.1, 0.15) is 0 Å². The van der Waals surface area contributed by atoms with Crippen molar-refractivity contribution in [3.8, 4) is 33.4 Å². The van der Waals surface area contributed by atoms with Gasteiger partial charge in [-0.15, -0.1) is 0 Å². The van der Waals surface area contributed by atoms with Crippen LogP contribution in [0.15, 0.2) is 103 Å². The van der Waals surface area contributed by atoms with Gasteiger partial charge in [-0.1, -0.05) is 103 Å². The molecule has 4 aromatic rings. The second-order valence-electron chi connectivity index (χ2n) is 7.17. The van der Waals surface area contributed by atoms with E-state index >= 15 is 0 Å². The van der Waals surface area contributed by atoms with Gasteiger partial charge in [0.25, 0.3) is 0 Å². The number of hydrogen-bond donors (Lipinski definition) is 0. The van der Waals surface area contributed by atoms with Crippen molar-refractivity contribution in [3.05, 3.63) is 109 Å². The lowest BCUT2D eigenvalue weighted by Crippen LogP contribution is -2.07. The van der Waals surface area contributed by atoms with Crippen LogP contribution in [0.3, 0.4) is 0 Å². The molecule has 0 atom stereocenters. The first-order valence-corrected chi connectivity index (χ1v) is 10.2. The first-order valence-electron chi connectivity index (χ1n) is 10.2. The third kappa shape index (κ3) is 4.49. The molecule has 0 aromatic heterocycles. The topological polar surface area (TPSA) is 26.3 Å². The van der Waals surface area contributed by atoms with Gasteiger partial charge in [-0.2, -0.15) is 0 Å². The largest absolute Gasteiger partial charge is 0.466 e. The molecular weight excluding hydrogens is 368 g/mol. The zero-order chi connectivity index (χ0) is 20.8. The first-order chi connectivity index (χ1) is 14.7. The lowest BCUT2D eigenvalue weighted by molar-refractivity contribution is -0.142. The van der Waals surface area contributed by atoms with Gasteiger partial charge in [0.15, 0.2) is 0 Å². The number of carbonyl (C=O) groups is 1. The summed E-state index contributed by atoms with van der Waals surface area (Å²) < 4.78 is 5.02. The molecule has 0 fully saturated rings. The second-order valence-corrected chi connectivity index (χ2v) is 7.17. The van der Waals surface area contributed by atoms with Gasteiger partial charge in [0, 0.05) is 0 Å². The summed E-state index contributed by atoms with van der Waals surface area (Å²) in [5.74, 6) is -0.188. The van der Waals surface area contributed by atoms with E-state index in [1.165, 1.54) is 22.3 Å². The van der Waals surface area contributed by atoms with Gasteiger partial charge in [0.05, 0.1) is 13.0 Å². The molecule has 0 amide bonds. The number of hydrogen-bond acceptors (Lipinski definition) is 2. The van der Waals surface area contributed by atoms with Gasteiger partial charge < -0.3 is 4.74 Å². The fourth-order valence-electron chi connectivity index (χ4n) is 3.64. The van der Waals surface area contributed by atoms with E-state index in [0.29, 0.717) is 13.0 Å². The summed E-state index contributed by atoms with van der Waals surface area (Å²) in [5, 5.41) is 0. The zero-order valence-electron chi connectivity index (χ0n) is 17.0. The lowest BCUT2D eigenvalue weighted by Gasteiger charge is -2.11. The maximum absolute atomic E-state index is 11.6. The molecule has 0 spiro atoms. The summed E-state index contributed by atoms with van der Waals surface area (Å²) in [7, 11) is 0. The van der Waals surface area contributed by atoms with Crippen molar-refractivity contribution in [1.82, 2.24) is 0 Å².